The zero-order valence-corrected chi connectivity index (χ0v) is 16.2. The highest BCUT2D eigenvalue weighted by Crippen LogP contribution is 2.32. The van der Waals surface area contributed by atoms with Crippen LogP contribution in [0.3, 0.4) is 0 Å². The molecule has 0 radical (unpaired) electrons. The molecule has 0 fully saturated rings. The number of carbonyl (C=O) groups excluding carboxylic acids is 1. The van der Waals surface area contributed by atoms with Gasteiger partial charge in [-0.1, -0.05) is 0 Å². The van der Waals surface area contributed by atoms with Crippen LogP contribution in [0.15, 0.2) is 58.5 Å². The van der Waals surface area contributed by atoms with Crippen molar-refractivity contribution in [1.82, 2.24) is 19.9 Å². The number of hydrogen-bond acceptors (Lipinski definition) is 8. The lowest BCUT2D eigenvalue weighted by Crippen LogP contribution is -2.44. The van der Waals surface area contributed by atoms with Gasteiger partial charge in [0.1, 0.15) is 16.9 Å². The molecule has 148 valence electrons. The fourth-order valence-corrected chi connectivity index (χ4v) is 3.07. The van der Waals surface area contributed by atoms with Gasteiger partial charge in [0.15, 0.2) is 11.7 Å². The minimum atomic E-state index is -0.540. The Hall–Kier alpha value is -3.75. The van der Waals surface area contributed by atoms with E-state index in [1.165, 1.54) is 12.4 Å². The molecular weight excluding hydrogens is 370 g/mol. The molecule has 1 unspecified atom stereocenters. The van der Waals surface area contributed by atoms with Gasteiger partial charge >= 0.3 is 0 Å². The van der Waals surface area contributed by atoms with Gasteiger partial charge in [0.2, 0.25) is 0 Å². The van der Waals surface area contributed by atoms with Crippen molar-refractivity contribution in [3.8, 4) is 11.5 Å². The van der Waals surface area contributed by atoms with Crippen LogP contribution in [0.4, 0.5) is 5.69 Å². The molecule has 0 saturated heterocycles. The Morgan fingerprint density at radius 3 is 2.83 bits per heavy atom. The Morgan fingerprint density at radius 2 is 2.14 bits per heavy atom. The summed E-state index contributed by atoms with van der Waals surface area (Å²) in [7, 11) is 1.90. The summed E-state index contributed by atoms with van der Waals surface area (Å²) in [6.07, 6.45) is 6.89. The van der Waals surface area contributed by atoms with Gasteiger partial charge in [-0.05, 0) is 37.6 Å². The third-order valence-corrected chi connectivity index (χ3v) is 4.91. The highest BCUT2D eigenvalue weighted by Gasteiger charge is 2.32. The molecule has 0 bridgehead atoms. The van der Waals surface area contributed by atoms with Crippen molar-refractivity contribution < 1.29 is 9.21 Å². The molecule has 1 aliphatic heterocycles. The van der Waals surface area contributed by atoms with Crippen LogP contribution in [-0.2, 0) is 5.54 Å². The van der Waals surface area contributed by atoms with E-state index in [9.17, 15) is 4.79 Å². The summed E-state index contributed by atoms with van der Waals surface area (Å²) in [5, 5.41) is 2.83. The van der Waals surface area contributed by atoms with Crippen molar-refractivity contribution >= 4 is 17.6 Å². The molecule has 4 rings (SSSR count). The van der Waals surface area contributed by atoms with Gasteiger partial charge < -0.3 is 20.4 Å². The Labute approximate surface area is 167 Å². The summed E-state index contributed by atoms with van der Waals surface area (Å²) in [4.78, 5) is 31.9. The van der Waals surface area contributed by atoms with Gasteiger partial charge in [0, 0.05) is 25.5 Å². The molecule has 1 amide bonds. The van der Waals surface area contributed by atoms with Crippen LogP contribution in [0.1, 0.15) is 29.5 Å². The topological polar surface area (TPSA) is 123 Å². The highest BCUT2D eigenvalue weighted by molar-refractivity contribution is 6.02. The number of hydrogen-bond donors (Lipinski definition) is 2. The van der Waals surface area contributed by atoms with E-state index < -0.39 is 5.54 Å². The molecule has 9 heteroatoms. The molecule has 0 aromatic carbocycles. The molecule has 3 aromatic heterocycles. The van der Waals surface area contributed by atoms with Gasteiger partial charge in [-0.3, -0.25) is 9.78 Å². The van der Waals surface area contributed by atoms with Gasteiger partial charge in [-0.15, -0.1) is 0 Å². The van der Waals surface area contributed by atoms with Crippen molar-refractivity contribution in [3.63, 3.8) is 0 Å². The number of nitrogens with zero attached hydrogens (tertiary/aromatic N) is 5. The number of carbonyl (C=O) groups is 1. The van der Waals surface area contributed by atoms with Crippen molar-refractivity contribution in [3.05, 3.63) is 60.5 Å². The Kier molecular flexibility index (Phi) is 4.71. The SMILES string of the molecule is CN1CCC(C)(c2cc(NC(=O)c3cnc(-c4ccco4)cn3)ccn2)N=C1N. The molecule has 0 spiro atoms. The summed E-state index contributed by atoms with van der Waals surface area (Å²) >= 11 is 0. The first-order valence-electron chi connectivity index (χ1n) is 9.15. The number of nitrogens with two attached hydrogens (primary N) is 1. The normalized spacial score (nSPS) is 19.0. The molecule has 0 saturated carbocycles. The van der Waals surface area contributed by atoms with E-state index in [2.05, 4.69) is 25.3 Å². The average molecular weight is 391 g/mol. The molecule has 0 aliphatic carbocycles. The zero-order valence-electron chi connectivity index (χ0n) is 16.2. The summed E-state index contributed by atoms with van der Waals surface area (Å²) in [5.74, 6) is 0.702. The molecule has 9 nitrogen and oxygen atoms in total. The number of amides is 1. The summed E-state index contributed by atoms with van der Waals surface area (Å²) in [6, 6.07) is 7.07. The second-order valence-electron chi connectivity index (χ2n) is 7.06. The largest absolute Gasteiger partial charge is 0.463 e. The number of aromatic nitrogens is 3. The van der Waals surface area contributed by atoms with E-state index in [0.29, 0.717) is 23.1 Å². The number of guanidine groups is 1. The lowest BCUT2D eigenvalue weighted by molar-refractivity contribution is 0.102. The Bertz CT molecular complexity index is 1050. The van der Waals surface area contributed by atoms with Crippen molar-refractivity contribution in [2.45, 2.75) is 18.9 Å². The summed E-state index contributed by atoms with van der Waals surface area (Å²) < 4.78 is 5.28. The van der Waals surface area contributed by atoms with Crippen molar-refractivity contribution in [2.24, 2.45) is 10.7 Å². The third kappa shape index (κ3) is 3.79. The van der Waals surface area contributed by atoms with Crippen LogP contribution in [0.25, 0.3) is 11.5 Å². The third-order valence-electron chi connectivity index (χ3n) is 4.91. The molecule has 29 heavy (non-hydrogen) atoms. The van der Waals surface area contributed by atoms with Gasteiger partial charge in [-0.2, -0.15) is 0 Å². The number of anilines is 1. The predicted molar refractivity (Wildman–Crippen MR) is 108 cm³/mol. The molecule has 1 atom stereocenters. The second kappa shape index (κ2) is 7.34. The maximum absolute atomic E-state index is 12.6. The molecule has 1 aliphatic rings. The Balaban J connectivity index is 1.51. The van der Waals surface area contributed by atoms with Crippen molar-refractivity contribution in [2.75, 3.05) is 18.9 Å². The Morgan fingerprint density at radius 1 is 1.28 bits per heavy atom. The smallest absolute Gasteiger partial charge is 0.275 e. The lowest BCUT2D eigenvalue weighted by atomic mass is 9.92. The number of nitrogens with one attached hydrogen (secondary N) is 1. The lowest BCUT2D eigenvalue weighted by Gasteiger charge is -2.34. The summed E-state index contributed by atoms with van der Waals surface area (Å²) in [6.45, 7) is 2.77. The number of furan rings is 1. The monoisotopic (exact) mass is 391 g/mol. The van der Waals surface area contributed by atoms with Gasteiger partial charge in [0.05, 0.1) is 24.4 Å². The van der Waals surface area contributed by atoms with Crippen LogP contribution in [0.2, 0.25) is 0 Å². The van der Waals surface area contributed by atoms with Crippen molar-refractivity contribution in [1.29, 1.82) is 0 Å². The molecule has 3 aromatic rings. The minimum Gasteiger partial charge on any atom is -0.463 e. The van der Waals surface area contributed by atoms with Gasteiger partial charge in [-0.25, -0.2) is 15.0 Å². The maximum Gasteiger partial charge on any atom is 0.275 e. The average Bonchev–Trinajstić information content (AvgIpc) is 3.26. The number of rotatable bonds is 4. The molecule has 4 heterocycles. The van der Waals surface area contributed by atoms with E-state index in [1.807, 2.05) is 24.9 Å². The van der Waals surface area contributed by atoms with Crippen LogP contribution < -0.4 is 11.1 Å². The highest BCUT2D eigenvalue weighted by atomic mass is 16.3. The van der Waals surface area contributed by atoms with Crippen LogP contribution in [0.5, 0.6) is 0 Å². The summed E-state index contributed by atoms with van der Waals surface area (Å²) in [5.41, 5.74) is 7.55. The van der Waals surface area contributed by atoms with E-state index in [1.54, 1.807) is 30.7 Å². The van der Waals surface area contributed by atoms with Gasteiger partial charge in [0.25, 0.3) is 5.91 Å². The molecule has 3 N–H and O–H groups in total. The fourth-order valence-electron chi connectivity index (χ4n) is 3.07. The van der Waals surface area contributed by atoms with E-state index in [-0.39, 0.29) is 11.6 Å². The first-order chi connectivity index (χ1) is 13.9. The van der Waals surface area contributed by atoms with E-state index in [4.69, 9.17) is 10.2 Å². The van der Waals surface area contributed by atoms with Crippen LogP contribution >= 0.6 is 0 Å². The number of aliphatic imine (C=N–C) groups is 1. The zero-order chi connectivity index (χ0) is 20.4. The fraction of sp³-hybridized carbons (Fsp3) is 0.250. The molecular formula is C20H21N7O2. The maximum atomic E-state index is 12.6. The standard InChI is InChI=1S/C20H21N7O2/c1-20(6-8-27(2)19(21)26-20)17-10-13(5-7-22-17)25-18(28)15-12-23-14(11-24-15)16-4-3-9-29-16/h3-5,7,9-12H,6,8H2,1-2H3,(H2,21,26)(H,22,25,28). The van der Waals surface area contributed by atoms with Crippen LogP contribution in [-0.4, -0.2) is 45.3 Å². The first-order valence-corrected chi connectivity index (χ1v) is 9.15. The first kappa shape index (κ1) is 18.6. The van der Waals surface area contributed by atoms with E-state index >= 15 is 0 Å². The minimum absolute atomic E-state index is 0.200. The van der Waals surface area contributed by atoms with Crippen LogP contribution in [0, 0.1) is 0 Å². The number of pyridine rings is 1. The predicted octanol–water partition coefficient (Wildman–Crippen LogP) is 2.25. The van der Waals surface area contributed by atoms with E-state index in [0.717, 1.165) is 18.7 Å². The quantitative estimate of drug-likeness (QED) is 0.699. The second-order valence-corrected chi connectivity index (χ2v) is 7.06.